The summed E-state index contributed by atoms with van der Waals surface area (Å²) in [7, 11) is 0. The summed E-state index contributed by atoms with van der Waals surface area (Å²) < 4.78 is 14.1. The van der Waals surface area contributed by atoms with Crippen LogP contribution in [0.25, 0.3) is 0 Å². The minimum atomic E-state index is -0.561. The van der Waals surface area contributed by atoms with E-state index in [4.69, 9.17) is 0 Å². The molecule has 1 aromatic heterocycles. The van der Waals surface area contributed by atoms with Crippen LogP contribution >= 0.6 is 15.9 Å². The van der Waals surface area contributed by atoms with Crippen molar-refractivity contribution >= 4 is 27.5 Å². The normalized spacial score (nSPS) is 10.0. The van der Waals surface area contributed by atoms with Crippen molar-refractivity contribution in [3.05, 3.63) is 58.6 Å². The highest BCUT2D eigenvalue weighted by Gasteiger charge is 2.12. The van der Waals surface area contributed by atoms with Gasteiger partial charge in [0.05, 0.1) is 17.4 Å². The lowest BCUT2D eigenvalue weighted by atomic mass is 10.2. The SMILES string of the molecule is O=C(Nc1cccnc1)c1cc(Br)ccc1F. The number of rotatable bonds is 2. The molecule has 2 aromatic rings. The van der Waals surface area contributed by atoms with Gasteiger partial charge in [0.25, 0.3) is 5.91 Å². The molecular weight excluding hydrogens is 287 g/mol. The summed E-state index contributed by atoms with van der Waals surface area (Å²) in [5.74, 6) is -1.06. The number of halogens is 2. The van der Waals surface area contributed by atoms with Crippen LogP contribution in [0, 0.1) is 5.82 Å². The standard InChI is InChI=1S/C12H8BrFN2O/c13-8-3-4-11(14)10(6-8)12(17)16-9-2-1-5-15-7-9/h1-7H,(H,16,17). The van der Waals surface area contributed by atoms with E-state index >= 15 is 0 Å². The van der Waals surface area contributed by atoms with Gasteiger partial charge in [-0.05, 0) is 30.3 Å². The fraction of sp³-hybridized carbons (Fsp3) is 0. The number of amides is 1. The summed E-state index contributed by atoms with van der Waals surface area (Å²) in [5.41, 5.74) is 0.514. The summed E-state index contributed by atoms with van der Waals surface area (Å²) in [6.45, 7) is 0. The maximum absolute atomic E-state index is 13.4. The third-order valence-corrected chi connectivity index (χ3v) is 2.59. The molecule has 0 radical (unpaired) electrons. The van der Waals surface area contributed by atoms with E-state index in [1.165, 1.54) is 24.4 Å². The Balaban J connectivity index is 2.23. The fourth-order valence-corrected chi connectivity index (χ4v) is 1.67. The third-order valence-electron chi connectivity index (χ3n) is 2.09. The highest BCUT2D eigenvalue weighted by atomic mass is 79.9. The first-order valence-corrected chi connectivity index (χ1v) is 5.62. The second-order valence-electron chi connectivity index (χ2n) is 3.32. The first-order chi connectivity index (χ1) is 8.16. The molecule has 1 heterocycles. The Labute approximate surface area is 106 Å². The summed E-state index contributed by atoms with van der Waals surface area (Å²) in [5, 5.41) is 2.56. The molecule has 0 unspecified atom stereocenters. The molecule has 0 spiro atoms. The van der Waals surface area contributed by atoms with E-state index in [0.717, 1.165) is 0 Å². The molecule has 0 aliphatic rings. The van der Waals surface area contributed by atoms with Gasteiger partial charge >= 0.3 is 0 Å². The van der Waals surface area contributed by atoms with E-state index in [1.54, 1.807) is 18.3 Å². The van der Waals surface area contributed by atoms with Gasteiger partial charge in [0.1, 0.15) is 5.82 Å². The number of carbonyl (C=O) groups is 1. The van der Waals surface area contributed by atoms with Gasteiger partial charge in [-0.2, -0.15) is 0 Å². The first-order valence-electron chi connectivity index (χ1n) is 4.83. The lowest BCUT2D eigenvalue weighted by Gasteiger charge is -2.05. The molecule has 17 heavy (non-hydrogen) atoms. The van der Waals surface area contributed by atoms with E-state index < -0.39 is 11.7 Å². The van der Waals surface area contributed by atoms with Crippen molar-refractivity contribution in [2.75, 3.05) is 5.32 Å². The molecule has 0 aliphatic heterocycles. The Hall–Kier alpha value is -1.75. The fourth-order valence-electron chi connectivity index (χ4n) is 1.31. The zero-order valence-corrected chi connectivity index (χ0v) is 10.2. The van der Waals surface area contributed by atoms with Crippen molar-refractivity contribution in [3.63, 3.8) is 0 Å². The molecule has 0 saturated heterocycles. The topological polar surface area (TPSA) is 42.0 Å². The van der Waals surface area contributed by atoms with E-state index in [1.807, 2.05) is 0 Å². The molecule has 0 fully saturated rings. The number of hydrogen-bond donors (Lipinski definition) is 1. The maximum Gasteiger partial charge on any atom is 0.258 e. The van der Waals surface area contributed by atoms with E-state index in [0.29, 0.717) is 10.2 Å². The average molecular weight is 295 g/mol. The van der Waals surface area contributed by atoms with Crippen molar-refractivity contribution in [1.29, 1.82) is 0 Å². The van der Waals surface area contributed by atoms with Crippen LogP contribution < -0.4 is 5.32 Å². The van der Waals surface area contributed by atoms with Crippen LogP contribution in [0.15, 0.2) is 47.2 Å². The van der Waals surface area contributed by atoms with Crippen molar-refractivity contribution in [3.8, 4) is 0 Å². The minimum Gasteiger partial charge on any atom is -0.320 e. The van der Waals surface area contributed by atoms with Crippen molar-refractivity contribution < 1.29 is 9.18 Å². The summed E-state index contributed by atoms with van der Waals surface area (Å²) in [6.07, 6.45) is 3.09. The number of nitrogens with zero attached hydrogens (tertiary/aromatic N) is 1. The van der Waals surface area contributed by atoms with Gasteiger partial charge in [0.15, 0.2) is 0 Å². The van der Waals surface area contributed by atoms with E-state index in [9.17, 15) is 9.18 Å². The number of nitrogens with one attached hydrogen (secondary N) is 1. The number of hydrogen-bond acceptors (Lipinski definition) is 2. The summed E-state index contributed by atoms with van der Waals surface area (Å²) in [6, 6.07) is 7.58. The van der Waals surface area contributed by atoms with Crippen LogP contribution in [0.4, 0.5) is 10.1 Å². The molecule has 3 nitrogen and oxygen atoms in total. The Bertz CT molecular complexity index is 545. The molecule has 0 bridgehead atoms. The van der Waals surface area contributed by atoms with E-state index in [-0.39, 0.29) is 5.56 Å². The number of benzene rings is 1. The maximum atomic E-state index is 13.4. The largest absolute Gasteiger partial charge is 0.320 e. The molecule has 0 atom stereocenters. The van der Waals surface area contributed by atoms with Gasteiger partial charge in [-0.3, -0.25) is 9.78 Å². The molecule has 0 aliphatic carbocycles. The van der Waals surface area contributed by atoms with Gasteiger partial charge in [0, 0.05) is 10.7 Å². The van der Waals surface area contributed by atoms with Gasteiger partial charge < -0.3 is 5.32 Å². The zero-order chi connectivity index (χ0) is 12.3. The van der Waals surface area contributed by atoms with Gasteiger partial charge in [-0.1, -0.05) is 15.9 Å². The van der Waals surface area contributed by atoms with Crippen LogP contribution in [0.3, 0.4) is 0 Å². The number of carbonyl (C=O) groups excluding carboxylic acids is 1. The quantitative estimate of drug-likeness (QED) is 0.924. The Kier molecular flexibility index (Phi) is 3.49. The Morgan fingerprint density at radius 2 is 2.18 bits per heavy atom. The molecule has 1 amide bonds. The zero-order valence-electron chi connectivity index (χ0n) is 8.65. The molecule has 1 aromatic carbocycles. The smallest absolute Gasteiger partial charge is 0.258 e. The molecule has 0 saturated carbocycles. The van der Waals surface area contributed by atoms with Crippen LogP contribution in [0.5, 0.6) is 0 Å². The van der Waals surface area contributed by atoms with Crippen LogP contribution in [-0.4, -0.2) is 10.9 Å². The second-order valence-corrected chi connectivity index (χ2v) is 4.24. The van der Waals surface area contributed by atoms with Crippen LogP contribution in [0.1, 0.15) is 10.4 Å². The molecule has 1 N–H and O–H groups in total. The van der Waals surface area contributed by atoms with Gasteiger partial charge in [-0.25, -0.2) is 4.39 Å². The Morgan fingerprint density at radius 3 is 2.88 bits per heavy atom. The number of pyridine rings is 1. The van der Waals surface area contributed by atoms with Crippen LogP contribution in [0.2, 0.25) is 0 Å². The number of aromatic nitrogens is 1. The molecular formula is C12H8BrFN2O. The second kappa shape index (κ2) is 5.05. The molecule has 2 rings (SSSR count). The third kappa shape index (κ3) is 2.88. The highest BCUT2D eigenvalue weighted by Crippen LogP contribution is 2.17. The minimum absolute atomic E-state index is 0.0109. The lowest BCUT2D eigenvalue weighted by Crippen LogP contribution is -2.13. The first kappa shape index (κ1) is 11.7. The van der Waals surface area contributed by atoms with Crippen molar-refractivity contribution in [1.82, 2.24) is 4.98 Å². The molecule has 86 valence electrons. The summed E-state index contributed by atoms with van der Waals surface area (Å²) in [4.78, 5) is 15.6. The van der Waals surface area contributed by atoms with Crippen LogP contribution in [-0.2, 0) is 0 Å². The lowest BCUT2D eigenvalue weighted by molar-refractivity contribution is 0.102. The van der Waals surface area contributed by atoms with Crippen molar-refractivity contribution in [2.45, 2.75) is 0 Å². The van der Waals surface area contributed by atoms with Crippen molar-refractivity contribution in [2.24, 2.45) is 0 Å². The predicted molar refractivity (Wildman–Crippen MR) is 66.3 cm³/mol. The predicted octanol–water partition coefficient (Wildman–Crippen LogP) is 3.24. The Morgan fingerprint density at radius 1 is 1.35 bits per heavy atom. The van der Waals surface area contributed by atoms with Gasteiger partial charge in [0.2, 0.25) is 0 Å². The molecule has 5 heteroatoms. The average Bonchev–Trinajstić information content (AvgIpc) is 2.33. The monoisotopic (exact) mass is 294 g/mol. The van der Waals surface area contributed by atoms with Gasteiger partial charge in [-0.15, -0.1) is 0 Å². The summed E-state index contributed by atoms with van der Waals surface area (Å²) >= 11 is 3.19. The highest BCUT2D eigenvalue weighted by molar-refractivity contribution is 9.10. The number of anilines is 1. The van der Waals surface area contributed by atoms with E-state index in [2.05, 4.69) is 26.2 Å².